The molecule has 0 saturated heterocycles. The molecule has 3 heterocycles. The Kier molecular flexibility index (Phi) is 2.81. The van der Waals surface area contributed by atoms with E-state index in [4.69, 9.17) is 5.11 Å². The molecule has 5 nitrogen and oxygen atoms in total. The lowest BCUT2D eigenvalue weighted by Gasteiger charge is -2.13. The van der Waals surface area contributed by atoms with Crippen LogP contribution in [0.2, 0.25) is 0 Å². The fourth-order valence-corrected chi connectivity index (χ4v) is 3.59. The van der Waals surface area contributed by atoms with Gasteiger partial charge in [-0.3, -0.25) is 9.20 Å². The second-order valence-corrected chi connectivity index (χ2v) is 5.82. The summed E-state index contributed by atoms with van der Waals surface area (Å²) in [6.07, 6.45) is 1.95. The summed E-state index contributed by atoms with van der Waals surface area (Å²) in [4.78, 5) is 20.5. The summed E-state index contributed by atoms with van der Waals surface area (Å²) < 4.78 is 1.99. The quantitative estimate of drug-likeness (QED) is 0.794. The zero-order valence-electron chi connectivity index (χ0n) is 9.66. The third-order valence-electron chi connectivity index (χ3n) is 2.73. The molecule has 0 unspecified atom stereocenters. The molecular formula is C11H11N3O2S2. The van der Waals surface area contributed by atoms with Gasteiger partial charge in [0.25, 0.3) is 5.91 Å². The third-order valence-corrected chi connectivity index (χ3v) is 4.50. The summed E-state index contributed by atoms with van der Waals surface area (Å²) >= 11 is 2.97. The summed E-state index contributed by atoms with van der Waals surface area (Å²) in [7, 11) is 1.68. The Bertz CT molecular complexity index is 712. The Balaban J connectivity index is 2.02. The Morgan fingerprint density at radius 2 is 2.44 bits per heavy atom. The largest absolute Gasteiger partial charge is 0.395 e. The number of nitrogens with zero attached hydrogens (tertiary/aromatic N) is 3. The molecule has 18 heavy (non-hydrogen) atoms. The summed E-state index contributed by atoms with van der Waals surface area (Å²) in [5.41, 5.74) is 0.969. The molecular weight excluding hydrogens is 270 g/mol. The predicted molar refractivity (Wildman–Crippen MR) is 72.5 cm³/mol. The van der Waals surface area contributed by atoms with Gasteiger partial charge in [0.05, 0.1) is 17.0 Å². The molecule has 0 saturated carbocycles. The van der Waals surface area contributed by atoms with Crippen molar-refractivity contribution in [1.82, 2.24) is 14.3 Å². The van der Waals surface area contributed by atoms with Gasteiger partial charge in [-0.05, 0) is 6.07 Å². The summed E-state index contributed by atoms with van der Waals surface area (Å²) in [6.45, 7) is 0.316. The third kappa shape index (κ3) is 1.71. The zero-order valence-corrected chi connectivity index (χ0v) is 11.3. The Hall–Kier alpha value is -1.44. The van der Waals surface area contributed by atoms with E-state index in [1.54, 1.807) is 18.4 Å². The van der Waals surface area contributed by atoms with Gasteiger partial charge in [-0.25, -0.2) is 4.98 Å². The van der Waals surface area contributed by atoms with Gasteiger partial charge in [-0.2, -0.15) is 0 Å². The predicted octanol–water partition coefficient (Wildman–Crippen LogP) is 1.67. The van der Waals surface area contributed by atoms with Gasteiger partial charge >= 0.3 is 0 Å². The van der Waals surface area contributed by atoms with E-state index >= 15 is 0 Å². The van der Waals surface area contributed by atoms with Crippen LogP contribution in [0.25, 0.3) is 15.3 Å². The summed E-state index contributed by atoms with van der Waals surface area (Å²) in [6, 6.07) is 1.86. The minimum absolute atomic E-state index is 0.0267. The molecule has 7 heteroatoms. The van der Waals surface area contributed by atoms with Crippen molar-refractivity contribution in [2.45, 2.75) is 0 Å². The first-order valence-corrected chi connectivity index (χ1v) is 7.11. The van der Waals surface area contributed by atoms with Crippen LogP contribution in [-0.2, 0) is 0 Å². The SMILES string of the molecule is CN(CCO)C(=O)c1cc2c(nc3sccn32)s1. The number of likely N-dealkylation sites (N-methyl/N-ethyl adjacent to an activating group) is 1. The van der Waals surface area contributed by atoms with Crippen LogP contribution in [0.5, 0.6) is 0 Å². The van der Waals surface area contributed by atoms with Crippen LogP contribution in [0.15, 0.2) is 17.6 Å². The number of hydrogen-bond acceptors (Lipinski definition) is 5. The van der Waals surface area contributed by atoms with Gasteiger partial charge in [-0.1, -0.05) is 0 Å². The molecule has 0 atom stereocenters. The van der Waals surface area contributed by atoms with E-state index in [0.717, 1.165) is 15.3 Å². The molecule has 3 rings (SSSR count). The molecule has 0 aliphatic heterocycles. The molecule has 0 spiro atoms. The minimum Gasteiger partial charge on any atom is -0.395 e. The first kappa shape index (κ1) is 11.6. The molecule has 94 valence electrons. The fraction of sp³-hybridized carbons (Fsp3) is 0.273. The van der Waals surface area contributed by atoms with Gasteiger partial charge in [0.2, 0.25) is 0 Å². The van der Waals surface area contributed by atoms with Crippen molar-refractivity contribution in [3.63, 3.8) is 0 Å². The second kappa shape index (κ2) is 4.34. The number of thiophene rings is 1. The smallest absolute Gasteiger partial charge is 0.263 e. The monoisotopic (exact) mass is 281 g/mol. The van der Waals surface area contributed by atoms with Crippen LogP contribution in [0.3, 0.4) is 0 Å². The zero-order chi connectivity index (χ0) is 12.7. The average Bonchev–Trinajstić information content (AvgIpc) is 2.98. The number of thiazole rings is 1. The molecule has 0 bridgehead atoms. The van der Waals surface area contributed by atoms with Crippen molar-refractivity contribution in [3.8, 4) is 0 Å². The molecule has 1 amide bonds. The van der Waals surface area contributed by atoms with Gasteiger partial charge in [-0.15, -0.1) is 22.7 Å². The van der Waals surface area contributed by atoms with Gasteiger partial charge < -0.3 is 10.0 Å². The fourth-order valence-electron chi connectivity index (χ4n) is 1.79. The van der Waals surface area contributed by atoms with Crippen molar-refractivity contribution < 1.29 is 9.90 Å². The average molecular weight is 281 g/mol. The topological polar surface area (TPSA) is 57.8 Å². The van der Waals surface area contributed by atoms with Crippen LogP contribution in [-0.4, -0.2) is 45.5 Å². The van der Waals surface area contributed by atoms with Crippen molar-refractivity contribution in [2.75, 3.05) is 20.2 Å². The normalized spacial score (nSPS) is 11.4. The number of aromatic nitrogens is 2. The van der Waals surface area contributed by atoms with E-state index in [-0.39, 0.29) is 12.5 Å². The number of aliphatic hydroxyl groups is 1. The molecule has 1 N–H and O–H groups in total. The number of hydrogen-bond donors (Lipinski definition) is 1. The van der Waals surface area contributed by atoms with Gasteiger partial charge in [0.1, 0.15) is 4.83 Å². The number of amides is 1. The maximum atomic E-state index is 12.1. The summed E-state index contributed by atoms with van der Waals surface area (Å²) in [5.74, 6) is -0.0731. The Morgan fingerprint density at radius 3 is 3.22 bits per heavy atom. The molecule has 0 aliphatic carbocycles. The van der Waals surface area contributed by atoms with Crippen LogP contribution >= 0.6 is 22.7 Å². The molecule has 0 radical (unpaired) electrons. The van der Waals surface area contributed by atoms with Crippen LogP contribution < -0.4 is 0 Å². The van der Waals surface area contributed by atoms with Crippen LogP contribution in [0.4, 0.5) is 0 Å². The summed E-state index contributed by atoms with van der Waals surface area (Å²) in [5, 5.41) is 10.8. The highest BCUT2D eigenvalue weighted by atomic mass is 32.1. The lowest BCUT2D eigenvalue weighted by Crippen LogP contribution is -2.28. The highest BCUT2D eigenvalue weighted by Crippen LogP contribution is 2.28. The van der Waals surface area contributed by atoms with Crippen molar-refractivity contribution in [3.05, 3.63) is 22.5 Å². The molecule has 0 fully saturated rings. The second-order valence-electron chi connectivity index (χ2n) is 3.92. The van der Waals surface area contributed by atoms with E-state index < -0.39 is 0 Å². The first-order valence-electron chi connectivity index (χ1n) is 5.42. The number of aliphatic hydroxyl groups excluding tert-OH is 1. The number of carbonyl (C=O) groups excluding carboxylic acids is 1. The van der Waals surface area contributed by atoms with Crippen LogP contribution in [0.1, 0.15) is 9.67 Å². The lowest BCUT2D eigenvalue weighted by atomic mass is 10.4. The lowest BCUT2D eigenvalue weighted by molar-refractivity contribution is 0.0772. The molecule has 3 aromatic rings. The maximum absolute atomic E-state index is 12.1. The number of fused-ring (bicyclic) bond motifs is 3. The Labute approximate surface area is 111 Å². The van der Waals surface area contributed by atoms with Crippen molar-refractivity contribution >= 4 is 43.9 Å². The molecule has 0 aliphatic rings. The van der Waals surface area contributed by atoms with E-state index in [1.165, 1.54) is 16.2 Å². The van der Waals surface area contributed by atoms with E-state index in [1.807, 2.05) is 22.0 Å². The maximum Gasteiger partial charge on any atom is 0.263 e. The van der Waals surface area contributed by atoms with Crippen molar-refractivity contribution in [2.24, 2.45) is 0 Å². The molecule has 0 aromatic carbocycles. The highest BCUT2D eigenvalue weighted by Gasteiger charge is 2.17. The van der Waals surface area contributed by atoms with Crippen molar-refractivity contribution in [1.29, 1.82) is 0 Å². The van der Waals surface area contributed by atoms with E-state index in [0.29, 0.717) is 11.4 Å². The first-order chi connectivity index (χ1) is 8.70. The number of carbonyl (C=O) groups is 1. The highest BCUT2D eigenvalue weighted by molar-refractivity contribution is 7.21. The standard InChI is InChI=1S/C11H11N3O2S2/c1-13(2-4-15)10(16)8-6-7-9(18-8)12-11-14(7)3-5-17-11/h3,5-6,15H,2,4H2,1H3. The van der Waals surface area contributed by atoms with Crippen LogP contribution in [0, 0.1) is 0 Å². The molecule has 3 aromatic heterocycles. The van der Waals surface area contributed by atoms with E-state index in [2.05, 4.69) is 4.98 Å². The van der Waals surface area contributed by atoms with Gasteiger partial charge in [0, 0.05) is 25.2 Å². The van der Waals surface area contributed by atoms with E-state index in [9.17, 15) is 4.79 Å². The minimum atomic E-state index is -0.0731. The number of rotatable bonds is 3. The number of imidazole rings is 1. The van der Waals surface area contributed by atoms with Gasteiger partial charge in [0.15, 0.2) is 4.96 Å². The Morgan fingerprint density at radius 1 is 1.61 bits per heavy atom.